The first-order valence-corrected chi connectivity index (χ1v) is 19.7. The van der Waals surface area contributed by atoms with Gasteiger partial charge in [0.1, 0.15) is 0 Å². The zero-order chi connectivity index (χ0) is 16.1. The highest BCUT2D eigenvalue weighted by Gasteiger charge is 2.41. The fourth-order valence-corrected chi connectivity index (χ4v) is 19.7. The van der Waals surface area contributed by atoms with Gasteiger partial charge in [-0.15, -0.1) is 0 Å². The standard InChI is InChI=1S/C10H30O3Si4.C2H6/c1-14(2,3)11-16(7,8)13-17(9,10)12-15(4,5)6;1-2/h1-10H3;1-2H3. The second kappa shape index (κ2) is 7.67. The predicted molar refractivity (Wildman–Crippen MR) is 96.3 cm³/mol. The van der Waals surface area contributed by atoms with Crippen molar-refractivity contribution in [2.24, 2.45) is 0 Å². The lowest BCUT2D eigenvalue weighted by Gasteiger charge is -2.39. The van der Waals surface area contributed by atoms with Crippen LogP contribution in [0.15, 0.2) is 0 Å². The van der Waals surface area contributed by atoms with Gasteiger partial charge < -0.3 is 12.3 Å². The molecule has 0 aromatic rings. The molecule has 0 aromatic carbocycles. The first kappa shape index (κ1) is 22.0. The quantitative estimate of drug-likeness (QED) is 0.627. The molecular formula is C12H36O3Si4. The number of hydrogen-bond donors (Lipinski definition) is 0. The fourth-order valence-electron chi connectivity index (χ4n) is 2.11. The molecule has 0 rings (SSSR count). The Labute approximate surface area is 125 Å². The van der Waals surface area contributed by atoms with Crippen molar-refractivity contribution in [2.45, 2.75) is 79.3 Å². The largest absolute Gasteiger partial charge is 0.437 e. The summed E-state index contributed by atoms with van der Waals surface area (Å²) in [7, 11) is -7.18. The number of hydrogen-bond acceptors (Lipinski definition) is 3. The monoisotopic (exact) mass is 340 g/mol. The Morgan fingerprint density at radius 2 is 0.632 bits per heavy atom. The Morgan fingerprint density at radius 3 is 0.789 bits per heavy atom. The van der Waals surface area contributed by atoms with Gasteiger partial charge in [0.15, 0.2) is 16.6 Å². The molecule has 0 saturated heterocycles. The van der Waals surface area contributed by atoms with E-state index in [-0.39, 0.29) is 0 Å². The van der Waals surface area contributed by atoms with Gasteiger partial charge in [-0.25, -0.2) is 0 Å². The highest BCUT2D eigenvalue weighted by atomic mass is 28.5. The smallest absolute Gasteiger partial charge is 0.312 e. The Bertz CT molecular complexity index is 229. The molecule has 0 amide bonds. The van der Waals surface area contributed by atoms with E-state index in [9.17, 15) is 0 Å². The van der Waals surface area contributed by atoms with Crippen LogP contribution in [0.25, 0.3) is 0 Å². The van der Waals surface area contributed by atoms with Gasteiger partial charge in [-0.3, -0.25) is 0 Å². The van der Waals surface area contributed by atoms with Gasteiger partial charge in [-0.05, 0) is 65.5 Å². The molecule has 0 bridgehead atoms. The van der Waals surface area contributed by atoms with Gasteiger partial charge in [0.25, 0.3) is 0 Å². The van der Waals surface area contributed by atoms with Crippen molar-refractivity contribution in [2.75, 3.05) is 0 Å². The summed E-state index contributed by atoms with van der Waals surface area (Å²) in [6, 6.07) is 0. The lowest BCUT2D eigenvalue weighted by atomic mass is 11.0. The van der Waals surface area contributed by atoms with E-state index in [4.69, 9.17) is 12.3 Å². The van der Waals surface area contributed by atoms with Crippen LogP contribution >= 0.6 is 0 Å². The van der Waals surface area contributed by atoms with E-state index >= 15 is 0 Å². The highest BCUT2D eigenvalue weighted by Crippen LogP contribution is 2.23. The van der Waals surface area contributed by atoms with Crippen LogP contribution in [0.4, 0.5) is 0 Å². The molecule has 7 heteroatoms. The summed E-state index contributed by atoms with van der Waals surface area (Å²) >= 11 is 0. The van der Waals surface area contributed by atoms with Crippen molar-refractivity contribution in [3.8, 4) is 0 Å². The summed E-state index contributed by atoms with van der Waals surface area (Å²) in [5.74, 6) is 0. The highest BCUT2D eigenvalue weighted by molar-refractivity contribution is 6.89. The Kier molecular flexibility index (Phi) is 8.89. The molecule has 0 aromatic heterocycles. The topological polar surface area (TPSA) is 27.7 Å². The summed E-state index contributed by atoms with van der Waals surface area (Å²) in [6.45, 7) is 25.8. The molecule has 0 spiro atoms. The van der Waals surface area contributed by atoms with Crippen LogP contribution in [0.2, 0.25) is 65.5 Å². The van der Waals surface area contributed by atoms with Crippen LogP contribution < -0.4 is 0 Å². The Morgan fingerprint density at radius 1 is 0.421 bits per heavy atom. The normalized spacial score (nSPS) is 13.9. The van der Waals surface area contributed by atoms with Crippen molar-refractivity contribution in [1.29, 1.82) is 0 Å². The van der Waals surface area contributed by atoms with Crippen LogP contribution in [-0.4, -0.2) is 33.8 Å². The summed E-state index contributed by atoms with van der Waals surface area (Å²) in [4.78, 5) is 0. The van der Waals surface area contributed by atoms with Gasteiger partial charge in [-0.1, -0.05) is 13.8 Å². The van der Waals surface area contributed by atoms with Gasteiger partial charge in [-0.2, -0.15) is 0 Å². The van der Waals surface area contributed by atoms with E-state index in [0.717, 1.165) is 0 Å². The van der Waals surface area contributed by atoms with Crippen molar-refractivity contribution < 1.29 is 12.3 Å². The molecule has 0 aliphatic heterocycles. The first-order valence-electron chi connectivity index (χ1n) is 7.22. The molecule has 0 N–H and O–H groups in total. The van der Waals surface area contributed by atoms with Crippen LogP contribution in [0.1, 0.15) is 13.8 Å². The molecule has 0 aliphatic carbocycles. The van der Waals surface area contributed by atoms with Gasteiger partial charge in [0, 0.05) is 0 Å². The Balaban J connectivity index is 0. The summed E-state index contributed by atoms with van der Waals surface area (Å²) in [5, 5.41) is 0. The van der Waals surface area contributed by atoms with Crippen LogP contribution in [-0.2, 0) is 12.3 Å². The average Bonchev–Trinajstić information content (AvgIpc) is 1.94. The summed E-state index contributed by atoms with van der Waals surface area (Å²) < 4.78 is 18.7. The molecule has 118 valence electrons. The second-order valence-corrected chi connectivity index (χ2v) is 23.8. The zero-order valence-corrected chi connectivity index (χ0v) is 19.2. The van der Waals surface area contributed by atoms with Gasteiger partial charge >= 0.3 is 17.1 Å². The lowest BCUT2D eigenvalue weighted by molar-refractivity contribution is 0.331. The van der Waals surface area contributed by atoms with Crippen molar-refractivity contribution in [3.63, 3.8) is 0 Å². The van der Waals surface area contributed by atoms with Crippen molar-refractivity contribution >= 4 is 33.8 Å². The van der Waals surface area contributed by atoms with Crippen molar-refractivity contribution in [1.82, 2.24) is 0 Å². The third-order valence-electron chi connectivity index (χ3n) is 1.60. The molecule has 0 heterocycles. The molecule has 0 atom stereocenters. The first-order chi connectivity index (χ1) is 8.12. The molecule has 0 aliphatic rings. The third kappa shape index (κ3) is 15.0. The molecule has 19 heavy (non-hydrogen) atoms. The summed E-state index contributed by atoms with van der Waals surface area (Å²) in [5.41, 5.74) is 0. The maximum Gasteiger partial charge on any atom is 0.312 e. The van der Waals surface area contributed by atoms with Gasteiger partial charge in [0.2, 0.25) is 0 Å². The fraction of sp³-hybridized carbons (Fsp3) is 1.00. The second-order valence-electron chi connectivity index (χ2n) is 7.33. The zero-order valence-electron chi connectivity index (χ0n) is 15.2. The Hall–Kier alpha value is 0.748. The third-order valence-corrected chi connectivity index (χ3v) is 14.4. The number of rotatable bonds is 6. The van der Waals surface area contributed by atoms with E-state index < -0.39 is 33.8 Å². The average molecular weight is 341 g/mol. The minimum Gasteiger partial charge on any atom is -0.437 e. The van der Waals surface area contributed by atoms with E-state index in [1.165, 1.54) is 0 Å². The van der Waals surface area contributed by atoms with E-state index in [0.29, 0.717) is 0 Å². The maximum absolute atomic E-state index is 6.28. The van der Waals surface area contributed by atoms with Crippen LogP contribution in [0, 0.1) is 0 Å². The predicted octanol–water partition coefficient (Wildman–Crippen LogP) is 5.14. The minimum absolute atomic E-state index is 1.54. The minimum atomic E-state index is -2.05. The molecule has 0 saturated carbocycles. The van der Waals surface area contributed by atoms with Crippen LogP contribution in [0.5, 0.6) is 0 Å². The van der Waals surface area contributed by atoms with Gasteiger partial charge in [0.05, 0.1) is 0 Å². The molecular weight excluding hydrogens is 304 g/mol. The molecule has 0 fully saturated rings. The van der Waals surface area contributed by atoms with E-state index in [1.807, 2.05) is 13.8 Å². The van der Waals surface area contributed by atoms with Crippen LogP contribution in [0.3, 0.4) is 0 Å². The molecule has 0 unspecified atom stereocenters. The maximum atomic E-state index is 6.28. The molecule has 0 radical (unpaired) electrons. The molecule has 3 nitrogen and oxygen atoms in total. The van der Waals surface area contributed by atoms with E-state index in [1.54, 1.807) is 0 Å². The van der Waals surface area contributed by atoms with Crippen molar-refractivity contribution in [3.05, 3.63) is 0 Å². The van der Waals surface area contributed by atoms with E-state index in [2.05, 4.69) is 65.5 Å². The SMILES string of the molecule is CC.C[Si](C)(C)O[Si](C)(C)O[Si](C)(C)O[Si](C)(C)C. The summed E-state index contributed by atoms with van der Waals surface area (Å²) in [6.07, 6.45) is 0. The lowest BCUT2D eigenvalue weighted by Crippen LogP contribution is -2.55.